The molecule has 0 amide bonds. The van der Waals surface area contributed by atoms with Gasteiger partial charge in [-0.2, -0.15) is 0 Å². The largest absolute Gasteiger partial charge is 0.456 e. The van der Waals surface area contributed by atoms with Crippen LogP contribution in [0.3, 0.4) is 0 Å². The fourth-order valence-corrected chi connectivity index (χ4v) is 1.98. The quantitative estimate of drug-likeness (QED) is 0.599. The molecule has 1 aromatic heterocycles. The standard InChI is InChI=1S/C12H9BO2/c14-13-9-5-3-7-11-12(9)8-4-1-2-6-10(8)15-11/h1-7,13-14H. The van der Waals surface area contributed by atoms with Gasteiger partial charge in [-0.05, 0) is 17.6 Å². The Hall–Kier alpha value is -1.74. The summed E-state index contributed by atoms with van der Waals surface area (Å²) in [6.07, 6.45) is 0. The summed E-state index contributed by atoms with van der Waals surface area (Å²) in [7, 11) is 0.0425. The molecule has 0 aliphatic rings. The van der Waals surface area contributed by atoms with Crippen molar-refractivity contribution in [1.82, 2.24) is 0 Å². The van der Waals surface area contributed by atoms with Crippen molar-refractivity contribution in [2.24, 2.45) is 0 Å². The number of hydrogen-bond acceptors (Lipinski definition) is 2. The summed E-state index contributed by atoms with van der Waals surface area (Å²) in [6, 6.07) is 13.6. The van der Waals surface area contributed by atoms with Gasteiger partial charge in [0, 0.05) is 10.8 Å². The molecule has 15 heavy (non-hydrogen) atoms. The van der Waals surface area contributed by atoms with Crippen LogP contribution in [0.25, 0.3) is 21.9 Å². The van der Waals surface area contributed by atoms with Crippen molar-refractivity contribution in [2.75, 3.05) is 0 Å². The highest BCUT2D eigenvalue weighted by Gasteiger charge is 2.09. The summed E-state index contributed by atoms with van der Waals surface area (Å²) in [6.45, 7) is 0. The Morgan fingerprint density at radius 2 is 1.73 bits per heavy atom. The minimum atomic E-state index is 0.0425. The van der Waals surface area contributed by atoms with E-state index < -0.39 is 0 Å². The molecule has 3 aromatic rings. The average molecular weight is 196 g/mol. The Morgan fingerprint density at radius 3 is 2.60 bits per heavy atom. The summed E-state index contributed by atoms with van der Waals surface area (Å²) in [5, 5.41) is 11.4. The van der Waals surface area contributed by atoms with Gasteiger partial charge >= 0.3 is 7.48 Å². The van der Waals surface area contributed by atoms with E-state index in [1.165, 1.54) is 0 Å². The maximum atomic E-state index is 9.27. The molecule has 2 aromatic carbocycles. The van der Waals surface area contributed by atoms with Crippen molar-refractivity contribution in [3.63, 3.8) is 0 Å². The molecule has 3 heteroatoms. The topological polar surface area (TPSA) is 33.4 Å². The van der Waals surface area contributed by atoms with E-state index >= 15 is 0 Å². The SMILES string of the molecule is OBc1cccc2oc3ccccc3c12. The van der Waals surface area contributed by atoms with Gasteiger partial charge < -0.3 is 9.44 Å². The lowest BCUT2D eigenvalue weighted by Crippen LogP contribution is -2.13. The third-order valence-electron chi connectivity index (χ3n) is 2.66. The lowest BCUT2D eigenvalue weighted by molar-refractivity contribution is 0.615. The van der Waals surface area contributed by atoms with E-state index in [0.717, 1.165) is 27.4 Å². The van der Waals surface area contributed by atoms with Crippen molar-refractivity contribution in [3.8, 4) is 0 Å². The van der Waals surface area contributed by atoms with E-state index in [2.05, 4.69) is 0 Å². The minimum absolute atomic E-state index is 0.0425. The van der Waals surface area contributed by atoms with E-state index in [1.807, 2.05) is 42.5 Å². The van der Waals surface area contributed by atoms with Crippen molar-refractivity contribution >= 4 is 34.9 Å². The highest BCUT2D eigenvalue weighted by atomic mass is 16.3. The van der Waals surface area contributed by atoms with E-state index in [1.54, 1.807) is 0 Å². The number of fused-ring (bicyclic) bond motifs is 3. The molecule has 0 aliphatic carbocycles. The zero-order valence-corrected chi connectivity index (χ0v) is 8.10. The van der Waals surface area contributed by atoms with Gasteiger partial charge in [0.15, 0.2) is 0 Å². The second-order valence-corrected chi connectivity index (χ2v) is 3.55. The predicted octanol–water partition coefficient (Wildman–Crippen LogP) is 1.56. The monoisotopic (exact) mass is 196 g/mol. The number of hydrogen-bond donors (Lipinski definition) is 1. The van der Waals surface area contributed by atoms with E-state index in [0.29, 0.717) is 0 Å². The van der Waals surface area contributed by atoms with Crippen molar-refractivity contribution in [1.29, 1.82) is 0 Å². The fraction of sp³-hybridized carbons (Fsp3) is 0. The Kier molecular flexibility index (Phi) is 1.79. The van der Waals surface area contributed by atoms with Gasteiger partial charge in [0.2, 0.25) is 0 Å². The lowest BCUT2D eigenvalue weighted by atomic mass is 9.85. The fourth-order valence-electron chi connectivity index (χ4n) is 1.98. The second kappa shape index (κ2) is 3.14. The summed E-state index contributed by atoms with van der Waals surface area (Å²) >= 11 is 0. The average Bonchev–Trinajstić information content (AvgIpc) is 2.67. The second-order valence-electron chi connectivity index (χ2n) is 3.55. The van der Waals surface area contributed by atoms with Gasteiger partial charge in [0.25, 0.3) is 0 Å². The molecule has 2 nitrogen and oxygen atoms in total. The van der Waals surface area contributed by atoms with Crippen LogP contribution in [0.4, 0.5) is 0 Å². The predicted molar refractivity (Wildman–Crippen MR) is 62.7 cm³/mol. The van der Waals surface area contributed by atoms with Crippen LogP contribution in [0.2, 0.25) is 0 Å². The molecule has 0 atom stereocenters. The zero-order chi connectivity index (χ0) is 10.3. The first-order chi connectivity index (χ1) is 7.40. The van der Waals surface area contributed by atoms with Gasteiger partial charge in [0.05, 0.1) is 0 Å². The smallest absolute Gasteiger partial charge is 0.305 e. The molecule has 0 bridgehead atoms. The lowest BCUT2D eigenvalue weighted by Gasteiger charge is -1.95. The number of rotatable bonds is 1. The van der Waals surface area contributed by atoms with Crippen LogP contribution in [0.1, 0.15) is 0 Å². The first kappa shape index (κ1) is 8.56. The van der Waals surface area contributed by atoms with Crippen molar-refractivity contribution in [3.05, 3.63) is 42.5 Å². The maximum absolute atomic E-state index is 9.27. The van der Waals surface area contributed by atoms with E-state index in [4.69, 9.17) is 4.42 Å². The molecular formula is C12H9BO2. The van der Waals surface area contributed by atoms with Crippen LogP contribution in [0.5, 0.6) is 0 Å². The number of benzene rings is 2. The van der Waals surface area contributed by atoms with E-state index in [9.17, 15) is 5.02 Å². The molecule has 0 radical (unpaired) electrons. The van der Waals surface area contributed by atoms with Gasteiger partial charge in [-0.25, -0.2) is 0 Å². The summed E-state index contributed by atoms with van der Waals surface area (Å²) in [5.41, 5.74) is 2.62. The molecule has 72 valence electrons. The molecule has 0 aliphatic heterocycles. The van der Waals surface area contributed by atoms with Crippen LogP contribution < -0.4 is 5.46 Å². The van der Waals surface area contributed by atoms with Gasteiger partial charge in [0.1, 0.15) is 11.2 Å². The third-order valence-corrected chi connectivity index (χ3v) is 2.66. The van der Waals surface area contributed by atoms with Crippen molar-refractivity contribution < 1.29 is 9.44 Å². The number of para-hydroxylation sites is 1. The van der Waals surface area contributed by atoms with E-state index in [-0.39, 0.29) is 7.48 Å². The Bertz CT molecular complexity index is 628. The highest BCUT2D eigenvalue weighted by Crippen LogP contribution is 2.26. The van der Waals surface area contributed by atoms with Crippen molar-refractivity contribution in [2.45, 2.75) is 0 Å². The van der Waals surface area contributed by atoms with Crippen LogP contribution in [0.15, 0.2) is 46.9 Å². The number of furan rings is 1. The Balaban J connectivity index is 2.56. The molecular weight excluding hydrogens is 187 g/mol. The first-order valence-corrected chi connectivity index (χ1v) is 4.90. The first-order valence-electron chi connectivity index (χ1n) is 4.90. The molecule has 0 fully saturated rings. The summed E-state index contributed by atoms with van der Waals surface area (Å²) in [4.78, 5) is 0. The molecule has 0 spiro atoms. The normalized spacial score (nSPS) is 11.0. The van der Waals surface area contributed by atoms with Crippen LogP contribution >= 0.6 is 0 Å². The Labute approximate surface area is 87.4 Å². The maximum Gasteiger partial charge on any atom is 0.305 e. The van der Waals surface area contributed by atoms with Gasteiger partial charge in [-0.1, -0.05) is 30.3 Å². The molecule has 0 saturated heterocycles. The third kappa shape index (κ3) is 1.17. The zero-order valence-electron chi connectivity index (χ0n) is 8.10. The van der Waals surface area contributed by atoms with Crippen LogP contribution in [0, 0.1) is 0 Å². The molecule has 3 rings (SSSR count). The van der Waals surface area contributed by atoms with Gasteiger partial charge in [-0.3, -0.25) is 0 Å². The van der Waals surface area contributed by atoms with Crippen LogP contribution in [-0.4, -0.2) is 12.5 Å². The van der Waals surface area contributed by atoms with Gasteiger partial charge in [-0.15, -0.1) is 0 Å². The van der Waals surface area contributed by atoms with Crippen LogP contribution in [-0.2, 0) is 0 Å². The molecule has 0 saturated carbocycles. The highest BCUT2D eigenvalue weighted by molar-refractivity contribution is 6.51. The molecule has 1 N–H and O–H groups in total. The Morgan fingerprint density at radius 1 is 0.933 bits per heavy atom. The molecule has 0 unspecified atom stereocenters. The molecule has 1 heterocycles. The summed E-state index contributed by atoms with van der Waals surface area (Å²) < 4.78 is 5.68. The summed E-state index contributed by atoms with van der Waals surface area (Å²) in [5.74, 6) is 0. The minimum Gasteiger partial charge on any atom is -0.456 e.